The van der Waals surface area contributed by atoms with Gasteiger partial charge in [0.2, 0.25) is 5.91 Å². The Bertz CT molecular complexity index is 476. The first-order chi connectivity index (χ1) is 9.70. The zero-order chi connectivity index (χ0) is 14.4. The van der Waals surface area contributed by atoms with Gasteiger partial charge in [0.25, 0.3) is 0 Å². The van der Waals surface area contributed by atoms with Crippen LogP contribution in [0.2, 0.25) is 5.02 Å². The predicted octanol–water partition coefficient (Wildman–Crippen LogP) is 2.96. The van der Waals surface area contributed by atoms with Crippen molar-refractivity contribution >= 4 is 17.5 Å². The minimum atomic E-state index is 0.00371. The molecular weight excluding hydrogens is 278 g/mol. The molecular formula is C15H20ClNO3. The molecule has 1 aliphatic heterocycles. The number of rotatable bonds is 5. The largest absolute Gasteiger partial charge is 0.489 e. The first-order valence-electron chi connectivity index (χ1n) is 7.05. The van der Waals surface area contributed by atoms with E-state index in [9.17, 15) is 4.79 Å². The third-order valence-electron chi connectivity index (χ3n) is 3.08. The number of carbonyl (C=O) groups excluding carboxylic acids is 1. The molecule has 20 heavy (non-hydrogen) atoms. The van der Waals surface area contributed by atoms with E-state index in [-0.39, 0.29) is 5.91 Å². The van der Waals surface area contributed by atoms with Crippen molar-refractivity contribution in [2.24, 2.45) is 0 Å². The molecule has 1 aliphatic rings. The number of hydrogen-bond acceptors (Lipinski definition) is 3. The van der Waals surface area contributed by atoms with Gasteiger partial charge in [-0.1, -0.05) is 24.9 Å². The van der Waals surface area contributed by atoms with Crippen molar-refractivity contribution in [2.75, 3.05) is 19.8 Å². The van der Waals surface area contributed by atoms with Crippen molar-refractivity contribution in [1.82, 2.24) is 5.32 Å². The van der Waals surface area contributed by atoms with Crippen molar-refractivity contribution in [3.05, 3.63) is 22.7 Å². The molecule has 2 rings (SSSR count). The minimum Gasteiger partial charge on any atom is -0.489 e. The number of hydrogen-bond donors (Lipinski definition) is 1. The van der Waals surface area contributed by atoms with Crippen molar-refractivity contribution in [2.45, 2.75) is 32.6 Å². The zero-order valence-electron chi connectivity index (χ0n) is 11.7. The lowest BCUT2D eigenvalue weighted by Crippen LogP contribution is -2.25. The maximum absolute atomic E-state index is 11.8. The number of halogens is 1. The highest BCUT2D eigenvalue weighted by molar-refractivity contribution is 6.32. The lowest BCUT2D eigenvalue weighted by molar-refractivity contribution is -0.120. The van der Waals surface area contributed by atoms with Gasteiger partial charge in [0.05, 0.1) is 24.7 Å². The molecule has 0 saturated carbocycles. The topological polar surface area (TPSA) is 47.6 Å². The van der Waals surface area contributed by atoms with Crippen LogP contribution in [-0.2, 0) is 11.2 Å². The molecule has 0 aromatic heterocycles. The average Bonchev–Trinajstić information content (AvgIpc) is 2.64. The van der Waals surface area contributed by atoms with E-state index in [0.29, 0.717) is 42.7 Å². The third kappa shape index (κ3) is 4.04. The van der Waals surface area contributed by atoms with Gasteiger partial charge in [-0.3, -0.25) is 4.79 Å². The van der Waals surface area contributed by atoms with E-state index in [1.165, 1.54) is 0 Å². The second-order valence-electron chi connectivity index (χ2n) is 4.84. The molecule has 1 amide bonds. The lowest BCUT2D eigenvalue weighted by atomic mass is 10.1. The minimum absolute atomic E-state index is 0.00371. The van der Waals surface area contributed by atoms with Crippen LogP contribution in [0.25, 0.3) is 0 Å². The number of carbonyl (C=O) groups is 1. The van der Waals surface area contributed by atoms with E-state index in [4.69, 9.17) is 21.1 Å². The van der Waals surface area contributed by atoms with Gasteiger partial charge < -0.3 is 14.8 Å². The molecule has 0 bridgehead atoms. The van der Waals surface area contributed by atoms with Gasteiger partial charge in [0.15, 0.2) is 11.5 Å². The second kappa shape index (κ2) is 7.39. The SMILES string of the molecule is CCCCNC(=O)Cc1cc(Cl)c2c(c1)OCCCO2. The van der Waals surface area contributed by atoms with Crippen LogP contribution in [0.1, 0.15) is 31.7 Å². The van der Waals surface area contributed by atoms with E-state index < -0.39 is 0 Å². The molecule has 5 heteroatoms. The Morgan fingerprint density at radius 3 is 2.95 bits per heavy atom. The summed E-state index contributed by atoms with van der Waals surface area (Å²) in [5, 5.41) is 3.39. The van der Waals surface area contributed by atoms with Crippen LogP contribution in [-0.4, -0.2) is 25.7 Å². The molecule has 0 aliphatic carbocycles. The van der Waals surface area contributed by atoms with Gasteiger partial charge in [0, 0.05) is 13.0 Å². The van der Waals surface area contributed by atoms with Crippen LogP contribution in [0.3, 0.4) is 0 Å². The summed E-state index contributed by atoms with van der Waals surface area (Å²) in [4.78, 5) is 11.8. The van der Waals surface area contributed by atoms with E-state index in [1.807, 2.05) is 6.07 Å². The summed E-state index contributed by atoms with van der Waals surface area (Å²) >= 11 is 6.19. The Hall–Kier alpha value is -1.42. The highest BCUT2D eigenvalue weighted by atomic mass is 35.5. The van der Waals surface area contributed by atoms with Gasteiger partial charge in [0.1, 0.15) is 0 Å². The van der Waals surface area contributed by atoms with Crippen LogP contribution < -0.4 is 14.8 Å². The Morgan fingerprint density at radius 2 is 2.15 bits per heavy atom. The fraction of sp³-hybridized carbons (Fsp3) is 0.533. The predicted molar refractivity (Wildman–Crippen MR) is 78.7 cm³/mol. The van der Waals surface area contributed by atoms with E-state index in [0.717, 1.165) is 24.8 Å². The number of unbranched alkanes of at least 4 members (excludes halogenated alkanes) is 1. The van der Waals surface area contributed by atoms with Gasteiger partial charge >= 0.3 is 0 Å². The van der Waals surface area contributed by atoms with Crippen LogP contribution in [0.4, 0.5) is 0 Å². The highest BCUT2D eigenvalue weighted by Crippen LogP contribution is 2.38. The molecule has 0 saturated heterocycles. The van der Waals surface area contributed by atoms with Gasteiger partial charge in [-0.15, -0.1) is 0 Å². The number of ether oxygens (including phenoxy) is 2. The normalized spacial score (nSPS) is 13.7. The van der Waals surface area contributed by atoms with Gasteiger partial charge in [-0.2, -0.15) is 0 Å². The second-order valence-corrected chi connectivity index (χ2v) is 5.24. The molecule has 1 aromatic rings. The molecule has 0 spiro atoms. The standard InChI is InChI=1S/C15H20ClNO3/c1-2-3-5-17-14(18)10-11-8-12(16)15-13(9-11)19-6-4-7-20-15/h8-9H,2-7,10H2,1H3,(H,17,18). The zero-order valence-corrected chi connectivity index (χ0v) is 12.5. The molecule has 4 nitrogen and oxygen atoms in total. The van der Waals surface area contributed by atoms with Gasteiger partial charge in [-0.25, -0.2) is 0 Å². The number of benzene rings is 1. The van der Waals surface area contributed by atoms with Gasteiger partial charge in [-0.05, 0) is 24.1 Å². The summed E-state index contributed by atoms with van der Waals surface area (Å²) < 4.78 is 11.2. The fourth-order valence-corrected chi connectivity index (χ4v) is 2.33. The molecule has 0 radical (unpaired) electrons. The van der Waals surface area contributed by atoms with Crippen LogP contribution in [0, 0.1) is 0 Å². The van der Waals surface area contributed by atoms with Crippen molar-refractivity contribution in [1.29, 1.82) is 0 Å². The maximum atomic E-state index is 11.8. The summed E-state index contributed by atoms with van der Waals surface area (Å²) in [6.45, 7) is 4.02. The van der Waals surface area contributed by atoms with E-state index in [2.05, 4.69) is 12.2 Å². The molecule has 0 atom stereocenters. The van der Waals surface area contributed by atoms with Crippen LogP contribution in [0.5, 0.6) is 11.5 Å². The smallest absolute Gasteiger partial charge is 0.224 e. The van der Waals surface area contributed by atoms with Crippen molar-refractivity contribution in [3.8, 4) is 11.5 Å². The van der Waals surface area contributed by atoms with Crippen LogP contribution >= 0.6 is 11.6 Å². The maximum Gasteiger partial charge on any atom is 0.224 e. The van der Waals surface area contributed by atoms with Crippen molar-refractivity contribution < 1.29 is 14.3 Å². The summed E-state index contributed by atoms with van der Waals surface area (Å²) in [5.41, 5.74) is 0.841. The Labute approximate surface area is 124 Å². The summed E-state index contributed by atoms with van der Waals surface area (Å²) in [6.07, 6.45) is 3.20. The first-order valence-corrected chi connectivity index (χ1v) is 7.43. The number of amides is 1. The average molecular weight is 298 g/mol. The molecule has 0 unspecified atom stereocenters. The highest BCUT2D eigenvalue weighted by Gasteiger charge is 2.16. The number of fused-ring (bicyclic) bond motifs is 1. The molecule has 0 fully saturated rings. The monoisotopic (exact) mass is 297 g/mol. The first kappa shape index (κ1) is 15.0. The number of nitrogens with one attached hydrogen (secondary N) is 1. The summed E-state index contributed by atoms with van der Waals surface area (Å²) in [7, 11) is 0. The fourth-order valence-electron chi connectivity index (χ4n) is 2.04. The third-order valence-corrected chi connectivity index (χ3v) is 3.36. The summed E-state index contributed by atoms with van der Waals surface area (Å²) in [5.74, 6) is 1.22. The van der Waals surface area contributed by atoms with E-state index in [1.54, 1.807) is 6.07 Å². The Kier molecular flexibility index (Phi) is 5.53. The lowest BCUT2D eigenvalue weighted by Gasteiger charge is -2.11. The summed E-state index contributed by atoms with van der Waals surface area (Å²) in [6, 6.07) is 3.61. The molecule has 1 N–H and O–H groups in total. The molecule has 110 valence electrons. The Morgan fingerprint density at radius 1 is 1.35 bits per heavy atom. The van der Waals surface area contributed by atoms with Crippen LogP contribution in [0.15, 0.2) is 12.1 Å². The molecule has 1 heterocycles. The quantitative estimate of drug-likeness (QED) is 0.850. The van der Waals surface area contributed by atoms with E-state index >= 15 is 0 Å². The molecule has 1 aromatic carbocycles. The van der Waals surface area contributed by atoms with Crippen molar-refractivity contribution in [3.63, 3.8) is 0 Å². The Balaban J connectivity index is 2.04.